The molecule has 3 rings (SSSR count). The van der Waals surface area contributed by atoms with Gasteiger partial charge in [-0.1, -0.05) is 5.10 Å². The fraction of sp³-hybridized carbons (Fsp3) is 0.769. The monoisotopic (exact) mass is 279 g/mol. The van der Waals surface area contributed by atoms with Crippen molar-refractivity contribution in [2.75, 3.05) is 25.0 Å². The maximum Gasteiger partial charge on any atom is 0.318 e. The molecule has 3 unspecified atom stereocenters. The Morgan fingerprint density at radius 1 is 1.45 bits per heavy atom. The van der Waals surface area contributed by atoms with Crippen molar-refractivity contribution in [2.45, 2.75) is 38.3 Å². The zero-order valence-electron chi connectivity index (χ0n) is 11.9. The Morgan fingerprint density at radius 2 is 2.30 bits per heavy atom. The number of nitrogens with zero attached hydrogens (tertiary/aromatic N) is 3. The summed E-state index contributed by atoms with van der Waals surface area (Å²) >= 11 is 0. The van der Waals surface area contributed by atoms with E-state index in [1.165, 1.54) is 0 Å². The van der Waals surface area contributed by atoms with Crippen molar-refractivity contribution in [1.29, 1.82) is 0 Å². The predicted molar refractivity (Wildman–Crippen MR) is 73.3 cm³/mol. The molecule has 2 saturated heterocycles. The van der Waals surface area contributed by atoms with Gasteiger partial charge in [0.15, 0.2) is 0 Å². The van der Waals surface area contributed by atoms with Gasteiger partial charge in [0.1, 0.15) is 0 Å². The van der Waals surface area contributed by atoms with E-state index in [2.05, 4.69) is 25.7 Å². The molecule has 1 amide bonds. The molecule has 0 aromatic carbocycles. The van der Waals surface area contributed by atoms with E-state index >= 15 is 0 Å². The molecule has 0 spiro atoms. The van der Waals surface area contributed by atoms with Crippen LogP contribution in [0, 0.1) is 5.92 Å². The topological polar surface area (TPSA) is 83.3 Å². The van der Waals surface area contributed by atoms with Crippen molar-refractivity contribution >= 4 is 11.9 Å². The molecule has 2 aliphatic rings. The number of piperidine rings is 2. The minimum atomic E-state index is 0.0581. The molecule has 0 bridgehead atoms. The number of aromatic nitrogens is 2. The molecule has 7 nitrogen and oxygen atoms in total. The molecule has 3 heterocycles. The standard InChI is InChI=1S/C13H21N5O2/c1-8(14-2)12-16-17-13(20-12)18-6-5-10-9(7-18)3-4-11(19)15-10/h8-10,14H,3-7H2,1-2H3,(H,15,19). The summed E-state index contributed by atoms with van der Waals surface area (Å²) in [5.41, 5.74) is 0. The highest BCUT2D eigenvalue weighted by molar-refractivity contribution is 5.77. The average Bonchev–Trinajstić information content (AvgIpc) is 2.95. The van der Waals surface area contributed by atoms with Gasteiger partial charge >= 0.3 is 6.01 Å². The summed E-state index contributed by atoms with van der Waals surface area (Å²) in [7, 11) is 1.87. The lowest BCUT2D eigenvalue weighted by molar-refractivity contribution is -0.124. The Morgan fingerprint density at radius 3 is 3.10 bits per heavy atom. The summed E-state index contributed by atoms with van der Waals surface area (Å²) in [5, 5.41) is 14.4. The van der Waals surface area contributed by atoms with Gasteiger partial charge in [0.2, 0.25) is 11.8 Å². The Hall–Kier alpha value is -1.63. The van der Waals surface area contributed by atoms with Gasteiger partial charge in [-0.15, -0.1) is 5.10 Å². The van der Waals surface area contributed by atoms with E-state index in [1.54, 1.807) is 0 Å². The fourth-order valence-electron chi connectivity index (χ4n) is 2.94. The van der Waals surface area contributed by atoms with Crippen molar-refractivity contribution < 1.29 is 9.21 Å². The summed E-state index contributed by atoms with van der Waals surface area (Å²) in [4.78, 5) is 13.5. The van der Waals surface area contributed by atoms with Crippen LogP contribution in [0.3, 0.4) is 0 Å². The molecule has 2 aliphatic heterocycles. The lowest BCUT2D eigenvalue weighted by Crippen LogP contribution is -2.54. The molecule has 3 atom stereocenters. The molecule has 7 heteroatoms. The van der Waals surface area contributed by atoms with E-state index in [1.807, 2.05) is 14.0 Å². The number of fused-ring (bicyclic) bond motifs is 1. The lowest BCUT2D eigenvalue weighted by Gasteiger charge is -2.40. The zero-order chi connectivity index (χ0) is 14.1. The van der Waals surface area contributed by atoms with Crippen LogP contribution in [0.4, 0.5) is 6.01 Å². The van der Waals surface area contributed by atoms with Gasteiger partial charge in [-0.05, 0) is 32.7 Å². The van der Waals surface area contributed by atoms with Crippen LogP contribution in [0.5, 0.6) is 0 Å². The first-order chi connectivity index (χ1) is 9.67. The van der Waals surface area contributed by atoms with Gasteiger partial charge in [0.05, 0.1) is 6.04 Å². The fourth-order valence-corrected chi connectivity index (χ4v) is 2.94. The second-order valence-electron chi connectivity index (χ2n) is 5.64. The molecular formula is C13H21N5O2. The number of anilines is 1. The van der Waals surface area contributed by atoms with E-state index in [0.29, 0.717) is 30.3 Å². The number of carbonyl (C=O) groups is 1. The van der Waals surface area contributed by atoms with E-state index in [0.717, 1.165) is 25.9 Å². The van der Waals surface area contributed by atoms with Crippen LogP contribution in [0.15, 0.2) is 4.42 Å². The third-order valence-corrected chi connectivity index (χ3v) is 4.33. The highest BCUT2D eigenvalue weighted by atomic mass is 16.4. The van der Waals surface area contributed by atoms with Crippen molar-refractivity contribution in [1.82, 2.24) is 20.8 Å². The van der Waals surface area contributed by atoms with E-state index < -0.39 is 0 Å². The van der Waals surface area contributed by atoms with Crippen LogP contribution in [0.1, 0.15) is 38.1 Å². The van der Waals surface area contributed by atoms with Crippen molar-refractivity contribution in [3.8, 4) is 0 Å². The minimum absolute atomic E-state index is 0.0581. The summed E-state index contributed by atoms with van der Waals surface area (Å²) in [5.74, 6) is 1.28. The van der Waals surface area contributed by atoms with Crippen LogP contribution < -0.4 is 15.5 Å². The highest BCUT2D eigenvalue weighted by Gasteiger charge is 2.35. The summed E-state index contributed by atoms with van der Waals surface area (Å²) < 4.78 is 5.73. The van der Waals surface area contributed by atoms with Crippen molar-refractivity contribution in [2.24, 2.45) is 5.92 Å². The van der Waals surface area contributed by atoms with E-state index in [9.17, 15) is 4.79 Å². The Kier molecular flexibility index (Phi) is 3.60. The average molecular weight is 279 g/mol. The molecule has 110 valence electrons. The number of hydrogen-bond acceptors (Lipinski definition) is 6. The molecule has 2 fully saturated rings. The van der Waals surface area contributed by atoms with Crippen molar-refractivity contribution in [3.63, 3.8) is 0 Å². The third kappa shape index (κ3) is 2.49. The molecule has 0 radical (unpaired) electrons. The van der Waals surface area contributed by atoms with Gasteiger partial charge in [0.25, 0.3) is 0 Å². The molecule has 1 aromatic heterocycles. The van der Waals surface area contributed by atoms with Crippen molar-refractivity contribution in [3.05, 3.63) is 5.89 Å². The van der Waals surface area contributed by atoms with Gasteiger partial charge in [-0.2, -0.15) is 0 Å². The summed E-state index contributed by atoms with van der Waals surface area (Å²) in [6, 6.07) is 0.964. The van der Waals surface area contributed by atoms with Crippen LogP contribution in [-0.2, 0) is 4.79 Å². The number of rotatable bonds is 3. The predicted octanol–water partition coefficient (Wildman–Crippen LogP) is 0.455. The van der Waals surface area contributed by atoms with Crippen LogP contribution in [-0.4, -0.2) is 42.3 Å². The van der Waals surface area contributed by atoms with Gasteiger partial charge in [0, 0.05) is 25.6 Å². The van der Waals surface area contributed by atoms with Gasteiger partial charge in [-0.3, -0.25) is 4.79 Å². The normalized spacial score (nSPS) is 27.9. The first kappa shape index (κ1) is 13.4. The molecular weight excluding hydrogens is 258 g/mol. The Labute approximate surface area is 118 Å². The SMILES string of the molecule is CNC(C)c1nnc(N2CCC3NC(=O)CCC3C2)o1. The molecule has 1 aromatic rings. The van der Waals surface area contributed by atoms with Crippen LogP contribution >= 0.6 is 0 Å². The minimum Gasteiger partial charge on any atom is -0.406 e. The molecule has 2 N–H and O–H groups in total. The quantitative estimate of drug-likeness (QED) is 0.836. The third-order valence-electron chi connectivity index (χ3n) is 4.33. The second-order valence-corrected chi connectivity index (χ2v) is 5.64. The number of carbonyl (C=O) groups excluding carboxylic acids is 1. The summed E-state index contributed by atoms with van der Waals surface area (Å²) in [6.07, 6.45) is 2.51. The maximum atomic E-state index is 11.4. The Balaban J connectivity index is 1.67. The maximum absolute atomic E-state index is 11.4. The first-order valence-electron chi connectivity index (χ1n) is 7.22. The van der Waals surface area contributed by atoms with E-state index in [-0.39, 0.29) is 11.9 Å². The smallest absolute Gasteiger partial charge is 0.318 e. The summed E-state index contributed by atoms with van der Waals surface area (Å²) in [6.45, 7) is 3.71. The number of nitrogens with one attached hydrogen (secondary N) is 2. The molecule has 0 aliphatic carbocycles. The van der Waals surface area contributed by atoms with Gasteiger partial charge < -0.3 is 20.0 Å². The zero-order valence-corrected chi connectivity index (χ0v) is 11.9. The largest absolute Gasteiger partial charge is 0.406 e. The first-order valence-corrected chi connectivity index (χ1v) is 7.22. The number of amides is 1. The molecule has 0 saturated carbocycles. The molecule has 20 heavy (non-hydrogen) atoms. The van der Waals surface area contributed by atoms with Gasteiger partial charge in [-0.25, -0.2) is 0 Å². The van der Waals surface area contributed by atoms with Crippen LogP contribution in [0.25, 0.3) is 0 Å². The van der Waals surface area contributed by atoms with Crippen LogP contribution in [0.2, 0.25) is 0 Å². The second kappa shape index (κ2) is 5.40. The highest BCUT2D eigenvalue weighted by Crippen LogP contribution is 2.28. The van der Waals surface area contributed by atoms with E-state index in [4.69, 9.17) is 4.42 Å². The number of hydrogen-bond donors (Lipinski definition) is 2. The Bertz CT molecular complexity index is 489. The lowest BCUT2D eigenvalue weighted by atomic mass is 9.85.